The molecule has 0 unspecified atom stereocenters. The lowest BCUT2D eigenvalue weighted by atomic mass is 9.89. The third-order valence-electron chi connectivity index (χ3n) is 5.47. The zero-order valence-corrected chi connectivity index (χ0v) is 15.3. The first-order chi connectivity index (χ1) is 12.5. The van der Waals surface area contributed by atoms with Gasteiger partial charge >= 0.3 is 12.0 Å². The van der Waals surface area contributed by atoms with Crippen LogP contribution < -0.4 is 5.32 Å². The normalized spacial score (nSPS) is 19.1. The third kappa shape index (κ3) is 2.38. The summed E-state index contributed by atoms with van der Waals surface area (Å²) in [5, 5.41) is 5.34. The van der Waals surface area contributed by atoms with Crippen LogP contribution in [0.3, 0.4) is 0 Å². The molecule has 1 aliphatic heterocycles. The smallest absolute Gasteiger partial charge is 0.338 e. The predicted octanol–water partition coefficient (Wildman–Crippen LogP) is 3.47. The van der Waals surface area contributed by atoms with Gasteiger partial charge < -0.3 is 15.0 Å². The highest BCUT2D eigenvalue weighted by molar-refractivity contribution is 5.99. The van der Waals surface area contributed by atoms with Crippen LogP contribution in [0, 0.1) is 0 Å². The quantitative estimate of drug-likeness (QED) is 0.863. The van der Waals surface area contributed by atoms with Gasteiger partial charge in [-0.2, -0.15) is 0 Å². The van der Waals surface area contributed by atoms with Gasteiger partial charge in [0.2, 0.25) is 0 Å². The van der Waals surface area contributed by atoms with Crippen molar-refractivity contribution in [3.05, 3.63) is 58.3 Å². The van der Waals surface area contributed by atoms with E-state index in [0.717, 1.165) is 23.8 Å². The Hall–Kier alpha value is -2.82. The van der Waals surface area contributed by atoms with Gasteiger partial charge in [0, 0.05) is 12.7 Å². The Morgan fingerprint density at radius 1 is 1.23 bits per heavy atom. The van der Waals surface area contributed by atoms with E-state index in [0.29, 0.717) is 17.9 Å². The number of nitrogens with zero attached hydrogens (tertiary/aromatic N) is 1. The maximum Gasteiger partial charge on any atom is 0.338 e. The Morgan fingerprint density at radius 2 is 1.96 bits per heavy atom. The highest BCUT2D eigenvalue weighted by Gasteiger charge is 2.36. The molecule has 5 nitrogen and oxygen atoms in total. The Morgan fingerprint density at radius 3 is 2.69 bits per heavy atom. The lowest BCUT2D eigenvalue weighted by Crippen LogP contribution is -2.46. The van der Waals surface area contributed by atoms with Crippen molar-refractivity contribution in [2.24, 2.45) is 0 Å². The molecule has 2 aromatic carbocycles. The Balaban J connectivity index is 1.93. The van der Waals surface area contributed by atoms with E-state index in [1.165, 1.54) is 21.4 Å². The molecule has 0 saturated heterocycles. The van der Waals surface area contributed by atoms with Gasteiger partial charge in [-0.15, -0.1) is 0 Å². The average Bonchev–Trinajstić information content (AvgIpc) is 3.05. The fourth-order valence-corrected chi connectivity index (χ4v) is 4.06. The maximum absolute atomic E-state index is 12.7. The molecular weight excluding hydrogens is 328 g/mol. The van der Waals surface area contributed by atoms with Gasteiger partial charge in [-0.25, -0.2) is 9.59 Å². The number of hydrogen-bond acceptors (Lipinski definition) is 3. The van der Waals surface area contributed by atoms with Crippen LogP contribution in [0.5, 0.6) is 0 Å². The Bertz CT molecular complexity index is 951. The number of nitrogens with one attached hydrogen (secondary N) is 1. The molecule has 2 amide bonds. The van der Waals surface area contributed by atoms with Crippen molar-refractivity contribution >= 4 is 22.8 Å². The fraction of sp³-hybridized carbons (Fsp3) is 0.333. The van der Waals surface area contributed by atoms with E-state index >= 15 is 0 Å². The van der Waals surface area contributed by atoms with Gasteiger partial charge in [-0.1, -0.05) is 30.3 Å². The molecule has 134 valence electrons. The van der Waals surface area contributed by atoms with Gasteiger partial charge in [-0.05, 0) is 54.2 Å². The molecule has 1 aliphatic carbocycles. The van der Waals surface area contributed by atoms with E-state index in [1.54, 1.807) is 20.9 Å². The summed E-state index contributed by atoms with van der Waals surface area (Å²) in [7, 11) is 1.66. The molecule has 0 radical (unpaired) electrons. The van der Waals surface area contributed by atoms with Crippen LogP contribution >= 0.6 is 0 Å². The van der Waals surface area contributed by atoms with Crippen LogP contribution in [0.25, 0.3) is 10.8 Å². The number of esters is 1. The number of amides is 2. The summed E-state index contributed by atoms with van der Waals surface area (Å²) in [6.45, 7) is 3.87. The molecule has 0 spiro atoms. The zero-order valence-electron chi connectivity index (χ0n) is 15.3. The summed E-state index contributed by atoms with van der Waals surface area (Å²) in [6, 6.07) is 9.71. The molecule has 5 heteroatoms. The largest absolute Gasteiger partial charge is 0.463 e. The van der Waals surface area contributed by atoms with Crippen LogP contribution in [-0.2, 0) is 22.4 Å². The molecule has 4 rings (SSSR count). The van der Waals surface area contributed by atoms with Crippen LogP contribution in [0.4, 0.5) is 4.79 Å². The second-order valence-electron chi connectivity index (χ2n) is 6.81. The molecule has 0 saturated carbocycles. The van der Waals surface area contributed by atoms with Crippen LogP contribution in [0.15, 0.2) is 41.6 Å². The number of ether oxygens (including phenoxy) is 1. The topological polar surface area (TPSA) is 58.6 Å². The molecule has 1 heterocycles. The first kappa shape index (κ1) is 16.6. The standard InChI is InChI=1S/C21H22N2O3/c1-4-26-20(24)17-12(2)23(3)21(25)22-19(17)16-11-10-14-9-8-13-6-5-7-15(16)18(13)14/h5-7,10-11,19H,4,8-9H2,1-3H3,(H,22,25)/t19-/m1/s1. The maximum atomic E-state index is 12.7. The van der Waals surface area contributed by atoms with Gasteiger partial charge in [0.05, 0.1) is 18.2 Å². The molecule has 2 aromatic rings. The number of hydrogen-bond donors (Lipinski definition) is 1. The van der Waals surface area contributed by atoms with Gasteiger partial charge in [-0.3, -0.25) is 0 Å². The minimum atomic E-state index is -0.511. The van der Waals surface area contributed by atoms with Gasteiger partial charge in [0.15, 0.2) is 0 Å². The Kier molecular flexibility index (Phi) is 3.94. The summed E-state index contributed by atoms with van der Waals surface area (Å²) in [5.41, 5.74) is 4.72. The lowest BCUT2D eigenvalue weighted by molar-refractivity contribution is -0.139. The van der Waals surface area contributed by atoms with Gasteiger partial charge in [0.25, 0.3) is 0 Å². The van der Waals surface area contributed by atoms with E-state index in [-0.39, 0.29) is 12.0 Å². The van der Waals surface area contributed by atoms with Gasteiger partial charge in [0.1, 0.15) is 0 Å². The molecule has 0 bridgehead atoms. The minimum absolute atomic E-state index is 0.219. The highest BCUT2D eigenvalue weighted by Crippen LogP contribution is 2.39. The van der Waals surface area contributed by atoms with Crippen LogP contribution in [0.1, 0.15) is 36.6 Å². The number of benzene rings is 2. The Labute approximate surface area is 152 Å². The van der Waals surface area contributed by atoms with Crippen molar-refractivity contribution in [2.75, 3.05) is 13.7 Å². The van der Waals surface area contributed by atoms with Crippen LogP contribution in [0.2, 0.25) is 0 Å². The zero-order chi connectivity index (χ0) is 18.4. The highest BCUT2D eigenvalue weighted by atomic mass is 16.5. The van der Waals surface area contributed by atoms with Crippen molar-refractivity contribution in [1.82, 2.24) is 10.2 Å². The average molecular weight is 350 g/mol. The molecule has 0 aromatic heterocycles. The number of aryl methyl sites for hydroxylation is 2. The van der Waals surface area contributed by atoms with Crippen molar-refractivity contribution in [3.63, 3.8) is 0 Å². The SMILES string of the molecule is CCOC(=O)C1=C(C)N(C)C(=O)N[C@@H]1c1ccc2c3c(cccc13)CC2. The van der Waals surface area contributed by atoms with Crippen LogP contribution in [-0.4, -0.2) is 30.6 Å². The summed E-state index contributed by atoms with van der Waals surface area (Å²) in [5.74, 6) is -0.384. The predicted molar refractivity (Wildman–Crippen MR) is 99.7 cm³/mol. The minimum Gasteiger partial charge on any atom is -0.463 e. The number of carbonyl (C=O) groups is 2. The van der Waals surface area contributed by atoms with Crippen molar-refractivity contribution in [1.29, 1.82) is 0 Å². The molecule has 1 atom stereocenters. The second-order valence-corrected chi connectivity index (χ2v) is 6.81. The first-order valence-corrected chi connectivity index (χ1v) is 8.98. The van der Waals surface area contributed by atoms with E-state index in [1.807, 2.05) is 12.1 Å². The molecule has 26 heavy (non-hydrogen) atoms. The fourth-order valence-electron chi connectivity index (χ4n) is 4.06. The molecule has 2 aliphatic rings. The molecule has 1 N–H and O–H groups in total. The van der Waals surface area contributed by atoms with E-state index in [9.17, 15) is 9.59 Å². The molecule has 0 fully saturated rings. The summed E-state index contributed by atoms with van der Waals surface area (Å²) in [4.78, 5) is 26.6. The summed E-state index contributed by atoms with van der Waals surface area (Å²) in [6.07, 6.45) is 2.07. The number of carbonyl (C=O) groups excluding carboxylic acids is 2. The second kappa shape index (κ2) is 6.16. The number of rotatable bonds is 3. The number of urea groups is 1. The van der Waals surface area contributed by atoms with E-state index in [2.05, 4.69) is 23.5 Å². The van der Waals surface area contributed by atoms with E-state index in [4.69, 9.17) is 4.74 Å². The first-order valence-electron chi connectivity index (χ1n) is 8.98. The third-order valence-corrected chi connectivity index (χ3v) is 5.47. The molecular formula is C21H22N2O3. The van der Waals surface area contributed by atoms with Crippen molar-refractivity contribution in [2.45, 2.75) is 32.7 Å². The van der Waals surface area contributed by atoms with Crippen molar-refractivity contribution in [3.8, 4) is 0 Å². The lowest BCUT2D eigenvalue weighted by Gasteiger charge is -2.33. The van der Waals surface area contributed by atoms with Crippen molar-refractivity contribution < 1.29 is 14.3 Å². The monoisotopic (exact) mass is 350 g/mol. The van der Waals surface area contributed by atoms with E-state index < -0.39 is 6.04 Å². The number of allylic oxidation sites excluding steroid dienone is 1. The summed E-state index contributed by atoms with van der Waals surface area (Å²) >= 11 is 0. The summed E-state index contributed by atoms with van der Waals surface area (Å²) < 4.78 is 5.28.